The van der Waals surface area contributed by atoms with Gasteiger partial charge in [-0.15, -0.1) is 0 Å². The van der Waals surface area contributed by atoms with Crippen molar-refractivity contribution in [3.63, 3.8) is 0 Å². The molecule has 21 heavy (non-hydrogen) atoms. The van der Waals surface area contributed by atoms with Crippen LogP contribution in [0.4, 0.5) is 0 Å². The third-order valence-corrected chi connectivity index (χ3v) is 4.29. The Hall–Kier alpha value is -1.10. The van der Waals surface area contributed by atoms with Gasteiger partial charge in [0, 0.05) is 32.3 Å². The summed E-state index contributed by atoms with van der Waals surface area (Å²) >= 11 is 0. The Labute approximate surface area is 128 Å². The molecule has 0 bridgehead atoms. The summed E-state index contributed by atoms with van der Waals surface area (Å²) in [6.45, 7) is 6.25. The van der Waals surface area contributed by atoms with Crippen LogP contribution in [0.2, 0.25) is 0 Å². The van der Waals surface area contributed by atoms with Crippen LogP contribution in [0.25, 0.3) is 0 Å². The Morgan fingerprint density at radius 3 is 2.76 bits per heavy atom. The molecule has 118 valence electrons. The van der Waals surface area contributed by atoms with Crippen molar-refractivity contribution in [2.24, 2.45) is 0 Å². The first-order chi connectivity index (χ1) is 10.2. The molecule has 1 aliphatic rings. The second-order valence-corrected chi connectivity index (χ2v) is 6.00. The molecule has 0 radical (unpaired) electrons. The Balaban J connectivity index is 1.91. The van der Waals surface area contributed by atoms with Crippen molar-refractivity contribution in [2.45, 2.75) is 38.3 Å². The number of phenolic OH excluding ortho intramolecular Hbond substituents is 1. The molecule has 1 heterocycles. The fraction of sp³-hybridized carbons (Fsp3) is 0.647. The van der Waals surface area contributed by atoms with E-state index in [4.69, 9.17) is 4.74 Å². The lowest BCUT2D eigenvalue weighted by atomic mass is 10.0. The molecule has 0 aliphatic carbocycles. The molecule has 1 saturated heterocycles. The normalized spacial score (nSPS) is 20.0. The molecule has 2 rings (SSSR count). The molecule has 2 unspecified atom stereocenters. The Morgan fingerprint density at radius 1 is 1.38 bits per heavy atom. The van der Waals surface area contributed by atoms with Crippen LogP contribution in [0.1, 0.15) is 25.3 Å². The number of aromatic hydroxyl groups is 1. The molecule has 1 aliphatic heterocycles. The Kier molecular flexibility index (Phi) is 6.49. The lowest BCUT2D eigenvalue weighted by Crippen LogP contribution is -2.44. The van der Waals surface area contributed by atoms with Crippen LogP contribution in [0.3, 0.4) is 0 Å². The third kappa shape index (κ3) is 5.30. The lowest BCUT2D eigenvalue weighted by Gasteiger charge is -2.31. The molecule has 4 nitrogen and oxygen atoms in total. The second-order valence-electron chi connectivity index (χ2n) is 6.00. The topological polar surface area (TPSA) is 44.7 Å². The van der Waals surface area contributed by atoms with Gasteiger partial charge in [-0.05, 0) is 50.4 Å². The van der Waals surface area contributed by atoms with Gasteiger partial charge in [-0.2, -0.15) is 0 Å². The van der Waals surface area contributed by atoms with Crippen molar-refractivity contribution in [1.29, 1.82) is 0 Å². The molecular formula is C17H28N2O2. The minimum Gasteiger partial charge on any atom is -0.508 e. The Morgan fingerprint density at radius 2 is 2.14 bits per heavy atom. The number of phenols is 1. The van der Waals surface area contributed by atoms with Gasteiger partial charge in [0.2, 0.25) is 0 Å². The number of nitrogens with zero attached hydrogens (tertiary/aromatic N) is 1. The van der Waals surface area contributed by atoms with Gasteiger partial charge in [-0.3, -0.25) is 4.90 Å². The number of ether oxygens (including phenoxy) is 1. The van der Waals surface area contributed by atoms with E-state index < -0.39 is 0 Å². The van der Waals surface area contributed by atoms with Crippen molar-refractivity contribution >= 4 is 0 Å². The third-order valence-electron chi connectivity index (χ3n) is 4.29. The number of nitrogens with one attached hydrogen (secondary N) is 1. The molecular weight excluding hydrogens is 264 g/mol. The van der Waals surface area contributed by atoms with E-state index >= 15 is 0 Å². The molecule has 1 aromatic rings. The van der Waals surface area contributed by atoms with Crippen molar-refractivity contribution < 1.29 is 9.84 Å². The van der Waals surface area contributed by atoms with Crippen LogP contribution in [0, 0.1) is 0 Å². The average molecular weight is 292 g/mol. The van der Waals surface area contributed by atoms with Crippen LogP contribution in [0.15, 0.2) is 24.3 Å². The van der Waals surface area contributed by atoms with Crippen molar-refractivity contribution in [1.82, 2.24) is 10.2 Å². The summed E-state index contributed by atoms with van der Waals surface area (Å²) in [7, 11) is 1.76. The van der Waals surface area contributed by atoms with E-state index in [0.29, 0.717) is 17.8 Å². The van der Waals surface area contributed by atoms with E-state index in [1.807, 2.05) is 12.1 Å². The number of rotatable bonds is 8. The zero-order valence-corrected chi connectivity index (χ0v) is 13.2. The molecule has 4 heteroatoms. The molecule has 1 fully saturated rings. The monoisotopic (exact) mass is 292 g/mol. The highest BCUT2D eigenvalue weighted by atomic mass is 16.5. The van der Waals surface area contributed by atoms with Crippen LogP contribution >= 0.6 is 0 Å². The van der Waals surface area contributed by atoms with Gasteiger partial charge >= 0.3 is 0 Å². The summed E-state index contributed by atoms with van der Waals surface area (Å²) < 4.78 is 5.26. The van der Waals surface area contributed by atoms with Gasteiger partial charge in [-0.25, -0.2) is 0 Å². The molecule has 0 amide bonds. The molecule has 1 aromatic carbocycles. The fourth-order valence-corrected chi connectivity index (χ4v) is 3.00. The van der Waals surface area contributed by atoms with Gasteiger partial charge in [0.05, 0.1) is 6.61 Å². The summed E-state index contributed by atoms with van der Waals surface area (Å²) in [6.07, 6.45) is 3.56. The van der Waals surface area contributed by atoms with E-state index in [1.54, 1.807) is 19.2 Å². The van der Waals surface area contributed by atoms with E-state index in [9.17, 15) is 5.11 Å². The van der Waals surface area contributed by atoms with E-state index in [0.717, 1.165) is 32.7 Å². The number of benzene rings is 1. The summed E-state index contributed by atoms with van der Waals surface area (Å²) in [6, 6.07) is 8.62. The highest BCUT2D eigenvalue weighted by Gasteiger charge is 2.21. The van der Waals surface area contributed by atoms with Crippen LogP contribution < -0.4 is 5.32 Å². The summed E-state index contributed by atoms with van der Waals surface area (Å²) in [4.78, 5) is 2.51. The van der Waals surface area contributed by atoms with Crippen LogP contribution in [-0.4, -0.2) is 55.4 Å². The highest BCUT2D eigenvalue weighted by molar-refractivity contribution is 5.26. The van der Waals surface area contributed by atoms with E-state index in [1.165, 1.54) is 18.4 Å². The molecule has 0 spiro atoms. The van der Waals surface area contributed by atoms with Gasteiger partial charge in [0.25, 0.3) is 0 Å². The van der Waals surface area contributed by atoms with Crippen molar-refractivity contribution in [3.8, 4) is 5.75 Å². The van der Waals surface area contributed by atoms with E-state index in [2.05, 4.69) is 17.1 Å². The molecule has 0 aromatic heterocycles. The van der Waals surface area contributed by atoms with Gasteiger partial charge < -0.3 is 15.2 Å². The predicted molar refractivity (Wildman–Crippen MR) is 85.7 cm³/mol. The maximum absolute atomic E-state index is 9.37. The van der Waals surface area contributed by atoms with Crippen LogP contribution in [0.5, 0.6) is 5.75 Å². The maximum Gasteiger partial charge on any atom is 0.115 e. The molecule has 2 atom stereocenters. The minimum absolute atomic E-state index is 0.331. The van der Waals surface area contributed by atoms with Gasteiger partial charge in [0.1, 0.15) is 5.75 Å². The molecule has 0 saturated carbocycles. The second kappa shape index (κ2) is 8.37. The average Bonchev–Trinajstić information content (AvgIpc) is 2.98. The zero-order chi connectivity index (χ0) is 15.1. The van der Waals surface area contributed by atoms with Gasteiger partial charge in [-0.1, -0.05) is 12.1 Å². The fourth-order valence-electron chi connectivity index (χ4n) is 3.00. The van der Waals surface area contributed by atoms with E-state index in [-0.39, 0.29) is 0 Å². The highest BCUT2D eigenvalue weighted by Crippen LogP contribution is 2.15. The number of methoxy groups -OCH3 is 1. The first kappa shape index (κ1) is 16.3. The number of hydrogen-bond donors (Lipinski definition) is 2. The quantitative estimate of drug-likeness (QED) is 0.769. The van der Waals surface area contributed by atoms with Crippen molar-refractivity contribution in [2.75, 3.05) is 33.4 Å². The summed E-state index contributed by atoms with van der Waals surface area (Å²) in [5.74, 6) is 0.331. The van der Waals surface area contributed by atoms with Crippen LogP contribution in [-0.2, 0) is 11.2 Å². The maximum atomic E-state index is 9.37. The number of hydrogen-bond acceptors (Lipinski definition) is 4. The van der Waals surface area contributed by atoms with Crippen molar-refractivity contribution in [3.05, 3.63) is 29.8 Å². The summed E-state index contributed by atoms with van der Waals surface area (Å²) in [5.41, 5.74) is 1.27. The van der Waals surface area contributed by atoms with Gasteiger partial charge in [0.15, 0.2) is 0 Å². The molecule has 2 N–H and O–H groups in total. The summed E-state index contributed by atoms with van der Waals surface area (Å²) in [5, 5.41) is 12.9. The largest absolute Gasteiger partial charge is 0.508 e. The zero-order valence-electron chi connectivity index (χ0n) is 13.2. The lowest BCUT2D eigenvalue weighted by molar-refractivity contribution is 0.117. The minimum atomic E-state index is 0.331. The SMILES string of the molecule is COCCN(CC1CCCN1)C(C)Cc1ccc(O)cc1. The standard InChI is InChI=1S/C17H28N2O2/c1-14(12-15-5-7-17(20)8-6-15)19(10-11-21-2)13-16-4-3-9-18-16/h5-8,14,16,18,20H,3-4,9-13H2,1-2H3. The first-order valence-electron chi connectivity index (χ1n) is 7.93. The Bertz CT molecular complexity index is 402. The predicted octanol–water partition coefficient (Wildman–Crippen LogP) is 2.02. The smallest absolute Gasteiger partial charge is 0.115 e. The first-order valence-corrected chi connectivity index (χ1v) is 7.93.